The molecule has 0 unspecified atom stereocenters. The molecule has 0 amide bonds. The molecule has 0 fully saturated rings. The van der Waals surface area contributed by atoms with Crippen molar-refractivity contribution < 1.29 is 17.9 Å². The topological polar surface area (TPSA) is 51.5 Å². The van der Waals surface area contributed by atoms with Crippen LogP contribution >= 0.6 is 11.3 Å². The summed E-state index contributed by atoms with van der Waals surface area (Å²) in [7, 11) is 0. The van der Waals surface area contributed by atoms with Gasteiger partial charge in [0.1, 0.15) is 17.3 Å². The molecule has 5 nitrogen and oxygen atoms in total. The molecule has 0 aliphatic heterocycles. The fraction of sp³-hybridized carbons (Fsp3) is 0.0667. The predicted octanol–water partition coefficient (Wildman–Crippen LogP) is 3.47. The Morgan fingerprint density at radius 1 is 1.20 bits per heavy atom. The van der Waals surface area contributed by atoms with E-state index in [0.29, 0.717) is 21.4 Å². The summed E-state index contributed by atoms with van der Waals surface area (Å²) in [4.78, 5) is 5.06. The molecular formula is C15H10AlF3N4OS. The summed E-state index contributed by atoms with van der Waals surface area (Å²) in [5.74, 6) is 0.519. The zero-order chi connectivity index (χ0) is 17.6. The number of imidazole rings is 1. The number of hydrogen-bond acceptors (Lipinski definition) is 5. The average molecular weight is 378 g/mol. The van der Waals surface area contributed by atoms with Crippen LogP contribution in [-0.4, -0.2) is 37.5 Å². The number of fused-ring (bicyclic) bond motifs is 2. The van der Waals surface area contributed by atoms with Gasteiger partial charge in [-0.1, -0.05) is 12.1 Å². The monoisotopic (exact) mass is 378 g/mol. The van der Waals surface area contributed by atoms with Gasteiger partial charge in [0.15, 0.2) is 5.65 Å². The third-order valence-corrected chi connectivity index (χ3v) is 5.30. The summed E-state index contributed by atoms with van der Waals surface area (Å²) in [6, 6.07) is 10.1. The van der Waals surface area contributed by atoms with Crippen LogP contribution in [0.15, 0.2) is 42.6 Å². The van der Waals surface area contributed by atoms with Crippen molar-refractivity contribution in [3.05, 3.63) is 42.6 Å². The SMILES string of the molecule is FC(F)(F)Oc1cccc2cc(-c3cnc4ccc([NH][AlH2])nn34)sc12. The fourth-order valence-corrected chi connectivity index (χ4v) is 3.91. The molecule has 0 aliphatic rings. The Morgan fingerprint density at radius 3 is 2.80 bits per heavy atom. The van der Waals surface area contributed by atoms with Crippen LogP contribution in [0.5, 0.6) is 5.75 Å². The molecule has 126 valence electrons. The van der Waals surface area contributed by atoms with Gasteiger partial charge in [-0.25, -0.2) is 9.50 Å². The summed E-state index contributed by atoms with van der Waals surface area (Å²) >= 11 is 1.96. The molecule has 3 aromatic heterocycles. The second-order valence-corrected chi connectivity index (χ2v) is 6.77. The van der Waals surface area contributed by atoms with Crippen LogP contribution in [0.4, 0.5) is 19.0 Å². The fourth-order valence-electron chi connectivity index (χ4n) is 2.54. The number of ether oxygens (including phenoxy) is 1. The van der Waals surface area contributed by atoms with Gasteiger partial charge in [0.2, 0.25) is 0 Å². The van der Waals surface area contributed by atoms with Crippen molar-refractivity contribution in [2.45, 2.75) is 6.36 Å². The lowest BCUT2D eigenvalue weighted by atomic mass is 10.2. The molecule has 0 radical (unpaired) electrons. The van der Waals surface area contributed by atoms with Crippen molar-refractivity contribution in [3.8, 4) is 16.3 Å². The lowest BCUT2D eigenvalue weighted by molar-refractivity contribution is -0.274. The van der Waals surface area contributed by atoms with Crippen molar-refractivity contribution in [1.82, 2.24) is 14.6 Å². The van der Waals surface area contributed by atoms with E-state index in [1.54, 1.807) is 16.8 Å². The van der Waals surface area contributed by atoms with Gasteiger partial charge in [-0.15, -0.1) is 24.5 Å². The minimum atomic E-state index is -4.73. The first-order valence-electron chi connectivity index (χ1n) is 7.26. The van der Waals surface area contributed by atoms with E-state index in [2.05, 4.69) is 19.1 Å². The van der Waals surface area contributed by atoms with Gasteiger partial charge < -0.3 is 9.04 Å². The third kappa shape index (κ3) is 3.04. The van der Waals surface area contributed by atoms with Gasteiger partial charge in [0.25, 0.3) is 0 Å². The number of rotatable bonds is 3. The van der Waals surface area contributed by atoms with Crippen LogP contribution in [0, 0.1) is 0 Å². The highest BCUT2D eigenvalue weighted by molar-refractivity contribution is 7.22. The summed E-state index contributed by atoms with van der Waals surface area (Å²) in [5.41, 5.74) is 1.38. The van der Waals surface area contributed by atoms with E-state index in [0.717, 1.165) is 27.2 Å². The van der Waals surface area contributed by atoms with E-state index in [9.17, 15) is 13.2 Å². The number of nitrogens with one attached hydrogen (secondary N) is 1. The number of halogens is 3. The number of nitrogens with zero attached hydrogens (tertiary/aromatic N) is 3. The second kappa shape index (κ2) is 5.91. The molecule has 10 heteroatoms. The van der Waals surface area contributed by atoms with Crippen LogP contribution in [0.1, 0.15) is 0 Å². The highest BCUT2D eigenvalue weighted by Gasteiger charge is 2.32. The van der Waals surface area contributed by atoms with Gasteiger partial charge in [0.05, 0.1) is 15.8 Å². The number of alkyl halides is 3. The maximum Gasteiger partial charge on any atom is 0.573 e. The predicted molar refractivity (Wildman–Crippen MR) is 92.7 cm³/mol. The first kappa shape index (κ1) is 16.2. The Balaban J connectivity index is 1.86. The molecule has 0 saturated carbocycles. The molecule has 3 heterocycles. The molecule has 0 spiro atoms. The number of thiophene rings is 1. The summed E-state index contributed by atoms with van der Waals surface area (Å²) in [5, 5.41) is 5.13. The van der Waals surface area contributed by atoms with Crippen LogP contribution in [0.2, 0.25) is 0 Å². The second-order valence-electron chi connectivity index (χ2n) is 5.21. The zero-order valence-electron chi connectivity index (χ0n) is 12.8. The van der Waals surface area contributed by atoms with Crippen molar-refractivity contribution in [3.63, 3.8) is 0 Å². The smallest absolute Gasteiger partial charge is 0.465 e. The van der Waals surface area contributed by atoms with Crippen molar-refractivity contribution in [2.75, 3.05) is 4.30 Å². The quantitative estimate of drug-likeness (QED) is 0.555. The largest absolute Gasteiger partial charge is 0.573 e. The van der Waals surface area contributed by atoms with Crippen LogP contribution in [0.3, 0.4) is 0 Å². The molecule has 4 aromatic rings. The molecule has 0 aliphatic carbocycles. The molecular weight excluding hydrogens is 368 g/mol. The van der Waals surface area contributed by atoms with Crippen LogP contribution < -0.4 is 9.04 Å². The Kier molecular flexibility index (Phi) is 3.83. The molecule has 1 aromatic carbocycles. The van der Waals surface area contributed by atoms with Crippen LogP contribution in [0.25, 0.3) is 26.3 Å². The standard InChI is InChI=1S/C15H8F3N4OS.Al.2H/c16-15(17,18)23-10-3-1-2-8-6-11(24-14(8)10)9-7-20-13-5-4-12(19)21-22(9)13;;;/h1-7H,(H-,19,21);;;/q-1;+1;;. The van der Waals surface area contributed by atoms with Crippen molar-refractivity contribution >= 4 is 49.4 Å². The molecule has 0 saturated heterocycles. The van der Waals surface area contributed by atoms with E-state index in [1.165, 1.54) is 23.5 Å². The highest BCUT2D eigenvalue weighted by Crippen LogP contribution is 2.40. The Labute approximate surface area is 151 Å². The van der Waals surface area contributed by atoms with Gasteiger partial charge in [-0.3, -0.25) is 0 Å². The average Bonchev–Trinajstić information content (AvgIpc) is 3.16. The first-order valence-corrected chi connectivity index (χ1v) is 9.07. The number of anilines is 1. The molecule has 1 N–H and O–H groups in total. The Morgan fingerprint density at radius 2 is 2.04 bits per heavy atom. The number of aromatic nitrogens is 3. The normalized spacial score (nSPS) is 12.0. The summed E-state index contributed by atoms with van der Waals surface area (Å²) in [6.07, 6.45) is -3.07. The van der Waals surface area contributed by atoms with Crippen molar-refractivity contribution in [1.29, 1.82) is 0 Å². The molecule has 25 heavy (non-hydrogen) atoms. The van der Waals surface area contributed by atoms with Crippen LogP contribution in [-0.2, 0) is 0 Å². The Bertz CT molecular complexity index is 1080. The zero-order valence-corrected chi connectivity index (χ0v) is 15.6. The first-order chi connectivity index (χ1) is 11.9. The highest BCUT2D eigenvalue weighted by atomic mass is 32.1. The van der Waals surface area contributed by atoms with E-state index in [-0.39, 0.29) is 5.75 Å². The summed E-state index contributed by atoms with van der Waals surface area (Å²) in [6.45, 7) is 0. The maximum absolute atomic E-state index is 12.6. The van der Waals surface area contributed by atoms with Crippen molar-refractivity contribution in [2.24, 2.45) is 0 Å². The van der Waals surface area contributed by atoms with Gasteiger partial charge >= 0.3 is 22.9 Å². The number of benzene rings is 1. The maximum atomic E-state index is 12.6. The Hall–Kier alpha value is -2.28. The lowest BCUT2D eigenvalue weighted by Gasteiger charge is -2.09. The summed E-state index contributed by atoms with van der Waals surface area (Å²) < 4.78 is 47.1. The van der Waals surface area contributed by atoms with E-state index in [1.807, 2.05) is 18.2 Å². The minimum absolute atomic E-state index is 0.204. The lowest BCUT2D eigenvalue weighted by Crippen LogP contribution is -2.17. The van der Waals surface area contributed by atoms with E-state index >= 15 is 0 Å². The van der Waals surface area contributed by atoms with Gasteiger partial charge in [0, 0.05) is 0 Å². The minimum Gasteiger partial charge on any atom is -0.465 e. The van der Waals surface area contributed by atoms with Gasteiger partial charge in [-0.05, 0) is 29.7 Å². The molecule has 4 rings (SSSR count). The third-order valence-electron chi connectivity index (χ3n) is 3.60. The molecule has 0 atom stereocenters. The molecule has 0 bridgehead atoms. The number of hydrogen-bond donors (Lipinski definition) is 1. The van der Waals surface area contributed by atoms with E-state index in [4.69, 9.17) is 0 Å². The van der Waals surface area contributed by atoms with E-state index < -0.39 is 6.36 Å². The van der Waals surface area contributed by atoms with Gasteiger partial charge in [-0.2, -0.15) is 5.10 Å².